The van der Waals surface area contributed by atoms with Crippen LogP contribution in [0, 0.1) is 34.6 Å². The molecule has 80 valence electrons. The van der Waals surface area contributed by atoms with E-state index in [-0.39, 0.29) is 0 Å². The lowest BCUT2D eigenvalue weighted by molar-refractivity contribution is 0.947. The molecular formula is C12H17N3. The maximum atomic E-state index is 6.10. The van der Waals surface area contributed by atoms with E-state index >= 15 is 0 Å². The number of nitrogen functional groups attached to an aromatic ring is 1. The fourth-order valence-electron chi connectivity index (χ4n) is 2.15. The van der Waals surface area contributed by atoms with Gasteiger partial charge in [0.05, 0.1) is 22.6 Å². The van der Waals surface area contributed by atoms with Gasteiger partial charge in [0.25, 0.3) is 0 Å². The number of anilines is 1. The molecule has 15 heavy (non-hydrogen) atoms. The summed E-state index contributed by atoms with van der Waals surface area (Å²) in [7, 11) is 0. The Labute approximate surface area is 89.9 Å². The zero-order valence-corrected chi connectivity index (χ0v) is 9.97. The smallest absolute Gasteiger partial charge is 0.0904 e. The third kappa shape index (κ3) is 1.16. The van der Waals surface area contributed by atoms with Crippen LogP contribution in [-0.4, -0.2) is 9.38 Å². The summed E-state index contributed by atoms with van der Waals surface area (Å²) >= 11 is 0. The third-order valence-electron chi connectivity index (χ3n) is 3.30. The van der Waals surface area contributed by atoms with Crippen molar-refractivity contribution in [3.05, 3.63) is 28.3 Å². The summed E-state index contributed by atoms with van der Waals surface area (Å²) in [6.45, 7) is 10.3. The Morgan fingerprint density at radius 1 is 0.933 bits per heavy atom. The minimum atomic E-state index is 0.862. The lowest BCUT2D eigenvalue weighted by atomic mass is 10.2. The van der Waals surface area contributed by atoms with Crippen molar-refractivity contribution in [3.63, 3.8) is 0 Å². The molecule has 2 aromatic rings. The number of aromatic nitrogens is 2. The third-order valence-corrected chi connectivity index (χ3v) is 3.30. The maximum absolute atomic E-state index is 6.10. The summed E-state index contributed by atoms with van der Waals surface area (Å²) < 4.78 is 2.21. The van der Waals surface area contributed by atoms with E-state index in [1.165, 1.54) is 11.4 Å². The molecule has 2 N–H and O–H groups in total. The van der Waals surface area contributed by atoms with E-state index in [9.17, 15) is 0 Å². The normalized spacial score (nSPS) is 11.3. The quantitative estimate of drug-likeness (QED) is 0.714. The Balaban J connectivity index is 3.10. The lowest BCUT2D eigenvalue weighted by Crippen LogP contribution is -2.02. The molecule has 2 heterocycles. The first kappa shape index (κ1) is 10.0. The molecule has 0 saturated heterocycles. The van der Waals surface area contributed by atoms with E-state index in [2.05, 4.69) is 30.2 Å². The number of fused-ring (bicyclic) bond motifs is 1. The molecule has 0 aliphatic heterocycles. The van der Waals surface area contributed by atoms with Gasteiger partial charge in [0.15, 0.2) is 0 Å². The fraction of sp³-hybridized carbons (Fsp3) is 0.417. The molecule has 0 fully saturated rings. The van der Waals surface area contributed by atoms with E-state index in [1.54, 1.807) is 0 Å². The van der Waals surface area contributed by atoms with E-state index in [0.29, 0.717) is 0 Å². The molecule has 0 amide bonds. The number of hydrogen-bond donors (Lipinski definition) is 1. The van der Waals surface area contributed by atoms with Crippen molar-refractivity contribution in [3.8, 4) is 0 Å². The summed E-state index contributed by atoms with van der Waals surface area (Å²) in [5.74, 6) is 0. The molecule has 0 aromatic carbocycles. The van der Waals surface area contributed by atoms with Gasteiger partial charge in [-0.2, -0.15) is 0 Å². The van der Waals surface area contributed by atoms with E-state index in [0.717, 1.165) is 28.2 Å². The molecular weight excluding hydrogens is 186 g/mol. The fourth-order valence-corrected chi connectivity index (χ4v) is 2.15. The Morgan fingerprint density at radius 3 is 2.13 bits per heavy atom. The average molecular weight is 203 g/mol. The van der Waals surface area contributed by atoms with Crippen LogP contribution in [0.1, 0.15) is 28.3 Å². The van der Waals surface area contributed by atoms with Crippen molar-refractivity contribution in [2.75, 3.05) is 5.73 Å². The van der Waals surface area contributed by atoms with Crippen LogP contribution in [0.25, 0.3) is 5.52 Å². The van der Waals surface area contributed by atoms with Crippen molar-refractivity contribution < 1.29 is 0 Å². The Kier molecular flexibility index (Phi) is 2.00. The second kappa shape index (κ2) is 2.99. The topological polar surface area (TPSA) is 43.3 Å². The molecule has 3 nitrogen and oxygen atoms in total. The molecule has 2 aromatic heterocycles. The van der Waals surface area contributed by atoms with E-state index < -0.39 is 0 Å². The van der Waals surface area contributed by atoms with Crippen LogP contribution in [0.2, 0.25) is 0 Å². The second-order valence-corrected chi connectivity index (χ2v) is 4.18. The van der Waals surface area contributed by atoms with Crippen LogP contribution < -0.4 is 5.73 Å². The molecule has 0 saturated carbocycles. The molecule has 0 spiro atoms. The van der Waals surface area contributed by atoms with Crippen LogP contribution in [0.5, 0.6) is 0 Å². The van der Waals surface area contributed by atoms with Crippen LogP contribution in [0.3, 0.4) is 0 Å². The molecule has 2 rings (SSSR count). The van der Waals surface area contributed by atoms with Gasteiger partial charge in [-0.3, -0.25) is 4.98 Å². The van der Waals surface area contributed by atoms with Gasteiger partial charge in [0.1, 0.15) is 0 Å². The summed E-state index contributed by atoms with van der Waals surface area (Å²) in [5.41, 5.74) is 13.6. The summed E-state index contributed by atoms with van der Waals surface area (Å²) in [6, 6.07) is 0. The SMILES string of the molecule is Cc1nc(C)c2c(N)c(C)c(C)n2c1C. The Bertz CT molecular complexity index is 550. The molecule has 0 atom stereocenters. The van der Waals surface area contributed by atoms with E-state index in [4.69, 9.17) is 5.73 Å². The van der Waals surface area contributed by atoms with Crippen molar-refractivity contribution >= 4 is 11.2 Å². The number of nitrogens with zero attached hydrogens (tertiary/aromatic N) is 2. The van der Waals surface area contributed by atoms with Crippen molar-refractivity contribution in [2.45, 2.75) is 34.6 Å². The second-order valence-electron chi connectivity index (χ2n) is 4.18. The maximum Gasteiger partial charge on any atom is 0.0904 e. The van der Waals surface area contributed by atoms with Crippen LogP contribution in [0.15, 0.2) is 0 Å². The minimum absolute atomic E-state index is 0.862. The van der Waals surface area contributed by atoms with Gasteiger partial charge in [0, 0.05) is 11.4 Å². The molecule has 0 aliphatic carbocycles. The van der Waals surface area contributed by atoms with Gasteiger partial charge in [0.2, 0.25) is 0 Å². The van der Waals surface area contributed by atoms with Gasteiger partial charge < -0.3 is 10.1 Å². The molecule has 3 heteroatoms. The molecule has 0 unspecified atom stereocenters. The van der Waals surface area contributed by atoms with Crippen molar-refractivity contribution in [1.29, 1.82) is 0 Å². The largest absolute Gasteiger partial charge is 0.397 e. The van der Waals surface area contributed by atoms with Crippen LogP contribution >= 0.6 is 0 Å². The number of hydrogen-bond acceptors (Lipinski definition) is 2. The van der Waals surface area contributed by atoms with Crippen molar-refractivity contribution in [1.82, 2.24) is 9.38 Å². The first-order valence-corrected chi connectivity index (χ1v) is 5.16. The zero-order chi connectivity index (χ0) is 11.3. The first-order valence-electron chi connectivity index (χ1n) is 5.16. The van der Waals surface area contributed by atoms with Crippen LogP contribution in [-0.2, 0) is 0 Å². The highest BCUT2D eigenvalue weighted by Crippen LogP contribution is 2.28. The van der Waals surface area contributed by atoms with Gasteiger partial charge in [-0.25, -0.2) is 0 Å². The highest BCUT2D eigenvalue weighted by Gasteiger charge is 2.14. The number of rotatable bonds is 0. The Morgan fingerprint density at radius 2 is 1.53 bits per heavy atom. The van der Waals surface area contributed by atoms with Gasteiger partial charge in [-0.05, 0) is 40.2 Å². The highest BCUT2D eigenvalue weighted by molar-refractivity contribution is 5.78. The standard InChI is InChI=1S/C12H17N3/c1-6-9(4)15-10(5)7(2)14-8(3)12(15)11(6)13/h13H2,1-5H3. The minimum Gasteiger partial charge on any atom is -0.397 e. The summed E-state index contributed by atoms with van der Waals surface area (Å²) in [6.07, 6.45) is 0. The number of aryl methyl sites for hydroxylation is 4. The first-order chi connectivity index (χ1) is 6.95. The molecule has 0 bridgehead atoms. The van der Waals surface area contributed by atoms with Gasteiger partial charge in [-0.15, -0.1) is 0 Å². The summed E-state index contributed by atoms with van der Waals surface area (Å²) in [4.78, 5) is 4.52. The predicted octanol–water partition coefficient (Wildman–Crippen LogP) is 2.46. The van der Waals surface area contributed by atoms with E-state index in [1.807, 2.05) is 13.8 Å². The lowest BCUT2D eigenvalue weighted by Gasteiger charge is -2.09. The monoisotopic (exact) mass is 203 g/mol. The van der Waals surface area contributed by atoms with Crippen molar-refractivity contribution in [2.24, 2.45) is 0 Å². The summed E-state index contributed by atoms with van der Waals surface area (Å²) in [5, 5.41) is 0. The van der Waals surface area contributed by atoms with Gasteiger partial charge >= 0.3 is 0 Å². The highest BCUT2D eigenvalue weighted by atomic mass is 15.0. The predicted molar refractivity (Wildman–Crippen MR) is 63.3 cm³/mol. The van der Waals surface area contributed by atoms with Gasteiger partial charge in [-0.1, -0.05) is 0 Å². The van der Waals surface area contributed by atoms with Crippen LogP contribution in [0.4, 0.5) is 5.69 Å². The zero-order valence-electron chi connectivity index (χ0n) is 9.97. The number of nitrogens with two attached hydrogens (primary N) is 1. The molecule has 0 aliphatic rings. The Hall–Kier alpha value is -1.51. The average Bonchev–Trinajstić information content (AvgIpc) is 2.40. The molecule has 0 radical (unpaired) electrons.